The van der Waals surface area contributed by atoms with Gasteiger partial charge in [-0.25, -0.2) is 0 Å². The molecule has 9 heteroatoms. The lowest BCUT2D eigenvalue weighted by Crippen LogP contribution is -2.14. The number of benzene rings is 1. The van der Waals surface area contributed by atoms with Crippen LogP contribution in [0.1, 0.15) is 0 Å². The molecule has 2 rings (SSSR count). The number of nitrogens with zero attached hydrogens (tertiary/aromatic N) is 3. The normalized spacial score (nSPS) is 10.3. The maximum Gasteiger partial charge on any atom is 0.234 e. The monoisotopic (exact) mass is 353 g/mol. The van der Waals surface area contributed by atoms with E-state index in [1.165, 1.54) is 18.9 Å². The Hall–Kier alpha value is -2.19. The fourth-order valence-electron chi connectivity index (χ4n) is 1.78. The van der Waals surface area contributed by atoms with Gasteiger partial charge in [-0.1, -0.05) is 29.4 Å². The molecule has 7 nitrogen and oxygen atoms in total. The van der Waals surface area contributed by atoms with Gasteiger partial charge in [-0.2, -0.15) is 0 Å². The van der Waals surface area contributed by atoms with Crippen LogP contribution in [-0.4, -0.2) is 33.5 Å². The first-order valence-corrected chi connectivity index (χ1v) is 7.97. The summed E-state index contributed by atoms with van der Waals surface area (Å²) in [6.07, 6.45) is 1.68. The number of carbonyl (C=O) groups is 1. The van der Waals surface area contributed by atoms with Crippen LogP contribution in [0.3, 0.4) is 0 Å². The predicted molar refractivity (Wildman–Crippen MR) is 92.0 cm³/mol. The molecule has 0 aliphatic rings. The summed E-state index contributed by atoms with van der Waals surface area (Å²) < 4.78 is 6.74. The van der Waals surface area contributed by atoms with E-state index in [-0.39, 0.29) is 17.6 Å². The topological polar surface area (TPSA) is 95.1 Å². The molecule has 1 aromatic carbocycles. The maximum absolute atomic E-state index is 12.0. The maximum atomic E-state index is 12.0. The van der Waals surface area contributed by atoms with Crippen molar-refractivity contribution in [3.8, 4) is 5.75 Å². The molecule has 23 heavy (non-hydrogen) atoms. The zero-order valence-electron chi connectivity index (χ0n) is 12.5. The number of thioether (sulfide) groups is 1. The molecule has 2 aromatic rings. The van der Waals surface area contributed by atoms with E-state index < -0.39 is 0 Å². The van der Waals surface area contributed by atoms with Crippen molar-refractivity contribution in [3.63, 3.8) is 0 Å². The van der Waals surface area contributed by atoms with E-state index in [1.54, 1.807) is 28.8 Å². The van der Waals surface area contributed by atoms with Gasteiger partial charge >= 0.3 is 0 Å². The summed E-state index contributed by atoms with van der Waals surface area (Å²) in [5.74, 6) is 0.809. The fourth-order valence-corrected chi connectivity index (χ4v) is 2.79. The first-order chi connectivity index (χ1) is 11.0. The van der Waals surface area contributed by atoms with Crippen LogP contribution < -0.4 is 15.8 Å². The Balaban J connectivity index is 1.95. The lowest BCUT2D eigenvalue weighted by molar-refractivity contribution is -0.113. The highest BCUT2D eigenvalue weighted by Gasteiger charge is 2.12. The number of amides is 1. The van der Waals surface area contributed by atoms with Crippen molar-refractivity contribution in [2.24, 2.45) is 0 Å². The summed E-state index contributed by atoms with van der Waals surface area (Å²) in [5.41, 5.74) is 6.29. The Morgan fingerprint density at radius 3 is 3.00 bits per heavy atom. The third kappa shape index (κ3) is 4.40. The molecule has 0 saturated heterocycles. The summed E-state index contributed by atoms with van der Waals surface area (Å²) in [7, 11) is 1.53. The van der Waals surface area contributed by atoms with E-state index in [4.69, 9.17) is 22.1 Å². The van der Waals surface area contributed by atoms with Gasteiger partial charge in [0.1, 0.15) is 5.75 Å². The molecule has 0 fully saturated rings. The van der Waals surface area contributed by atoms with Crippen molar-refractivity contribution >= 4 is 40.9 Å². The van der Waals surface area contributed by atoms with E-state index in [2.05, 4.69) is 22.1 Å². The van der Waals surface area contributed by atoms with E-state index >= 15 is 0 Å². The summed E-state index contributed by atoms with van der Waals surface area (Å²) in [6.45, 7) is 4.13. The molecule has 0 saturated carbocycles. The highest BCUT2D eigenvalue weighted by atomic mass is 35.5. The smallest absolute Gasteiger partial charge is 0.234 e. The Morgan fingerprint density at radius 1 is 1.57 bits per heavy atom. The summed E-state index contributed by atoms with van der Waals surface area (Å²) in [4.78, 5) is 12.0. The van der Waals surface area contributed by atoms with Gasteiger partial charge in [-0.3, -0.25) is 9.36 Å². The Bertz CT molecular complexity index is 719. The number of aromatic nitrogens is 3. The molecular weight excluding hydrogens is 338 g/mol. The standard InChI is InChI=1S/C14H16ClN5O2S/c1-3-6-20-13(16)18-19-14(20)23-8-12(21)17-9-4-5-11(22-2)10(15)7-9/h3-5,7H,1,6,8H2,2H3,(H2,16,18)(H,17,21). The number of allylic oxidation sites excluding steroid dienone is 1. The highest BCUT2D eigenvalue weighted by molar-refractivity contribution is 7.99. The van der Waals surface area contributed by atoms with Crippen molar-refractivity contribution in [3.05, 3.63) is 35.9 Å². The van der Waals surface area contributed by atoms with Crippen LogP contribution in [0.2, 0.25) is 5.02 Å². The summed E-state index contributed by atoms with van der Waals surface area (Å²) >= 11 is 7.26. The van der Waals surface area contributed by atoms with Gasteiger partial charge in [-0.15, -0.1) is 16.8 Å². The van der Waals surface area contributed by atoms with Crippen LogP contribution in [0.5, 0.6) is 5.75 Å². The van der Waals surface area contributed by atoms with Gasteiger partial charge in [0.2, 0.25) is 11.9 Å². The molecule has 0 unspecified atom stereocenters. The molecule has 0 aliphatic heterocycles. The molecule has 122 valence electrons. The average Bonchev–Trinajstić information content (AvgIpc) is 2.87. The molecule has 0 atom stereocenters. The number of carbonyl (C=O) groups excluding carboxylic acids is 1. The quantitative estimate of drug-likeness (QED) is 0.586. The van der Waals surface area contributed by atoms with E-state index in [0.717, 1.165) is 0 Å². The molecule has 0 bridgehead atoms. The second-order valence-corrected chi connectivity index (χ2v) is 5.78. The summed E-state index contributed by atoms with van der Waals surface area (Å²) in [5, 5.41) is 11.5. The number of methoxy groups -OCH3 is 1. The van der Waals surface area contributed by atoms with E-state index in [9.17, 15) is 4.79 Å². The van der Waals surface area contributed by atoms with Crippen molar-refractivity contribution in [2.45, 2.75) is 11.7 Å². The first kappa shape index (κ1) is 17.2. The largest absolute Gasteiger partial charge is 0.495 e. The molecule has 1 heterocycles. The second kappa shape index (κ2) is 7.89. The Labute approximate surface area is 142 Å². The minimum absolute atomic E-state index is 0.166. The number of ether oxygens (including phenoxy) is 1. The van der Waals surface area contributed by atoms with Crippen LogP contribution in [-0.2, 0) is 11.3 Å². The van der Waals surface area contributed by atoms with Crippen LogP contribution in [0.25, 0.3) is 0 Å². The van der Waals surface area contributed by atoms with Crippen LogP contribution >= 0.6 is 23.4 Å². The average molecular weight is 354 g/mol. The van der Waals surface area contributed by atoms with Gasteiger partial charge in [0.05, 0.1) is 17.9 Å². The van der Waals surface area contributed by atoms with Gasteiger partial charge in [-0.05, 0) is 18.2 Å². The number of hydrogen-bond donors (Lipinski definition) is 2. The van der Waals surface area contributed by atoms with Crippen LogP contribution in [0.4, 0.5) is 11.6 Å². The van der Waals surface area contributed by atoms with E-state index in [0.29, 0.717) is 28.2 Å². The SMILES string of the molecule is C=CCn1c(N)nnc1SCC(=O)Nc1ccc(OC)c(Cl)c1. The van der Waals surface area contributed by atoms with Gasteiger partial charge in [0.25, 0.3) is 0 Å². The van der Waals surface area contributed by atoms with Crippen molar-refractivity contribution in [1.29, 1.82) is 0 Å². The van der Waals surface area contributed by atoms with Gasteiger partial charge < -0.3 is 15.8 Å². The summed E-state index contributed by atoms with van der Waals surface area (Å²) in [6, 6.07) is 5.03. The van der Waals surface area contributed by atoms with Gasteiger partial charge in [0, 0.05) is 12.2 Å². The van der Waals surface area contributed by atoms with Crippen molar-refractivity contribution < 1.29 is 9.53 Å². The van der Waals surface area contributed by atoms with E-state index in [1.807, 2.05) is 0 Å². The lowest BCUT2D eigenvalue weighted by Gasteiger charge is -2.08. The fraction of sp³-hybridized carbons (Fsp3) is 0.214. The first-order valence-electron chi connectivity index (χ1n) is 6.61. The molecule has 0 radical (unpaired) electrons. The third-order valence-electron chi connectivity index (χ3n) is 2.83. The zero-order valence-corrected chi connectivity index (χ0v) is 14.0. The van der Waals surface area contributed by atoms with Crippen LogP contribution in [0.15, 0.2) is 36.0 Å². The Kier molecular flexibility index (Phi) is 5.89. The van der Waals surface area contributed by atoms with Crippen molar-refractivity contribution in [2.75, 3.05) is 23.9 Å². The number of hydrogen-bond acceptors (Lipinski definition) is 6. The number of nitrogens with one attached hydrogen (secondary N) is 1. The molecule has 3 N–H and O–H groups in total. The number of nitrogen functional groups attached to an aromatic ring is 1. The minimum atomic E-state index is -0.192. The van der Waals surface area contributed by atoms with Crippen LogP contribution in [0, 0.1) is 0 Å². The van der Waals surface area contributed by atoms with Crippen molar-refractivity contribution in [1.82, 2.24) is 14.8 Å². The molecule has 1 aromatic heterocycles. The molecule has 0 aliphatic carbocycles. The molecule has 0 spiro atoms. The number of halogens is 1. The number of rotatable bonds is 7. The minimum Gasteiger partial charge on any atom is -0.495 e. The highest BCUT2D eigenvalue weighted by Crippen LogP contribution is 2.27. The molecule has 1 amide bonds. The predicted octanol–water partition coefficient (Wildman–Crippen LogP) is 2.44. The number of anilines is 2. The lowest BCUT2D eigenvalue weighted by atomic mass is 10.3. The third-order valence-corrected chi connectivity index (χ3v) is 4.09. The zero-order chi connectivity index (χ0) is 16.8. The Morgan fingerprint density at radius 2 is 2.35 bits per heavy atom. The number of nitrogens with two attached hydrogens (primary N) is 1. The van der Waals surface area contributed by atoms with Gasteiger partial charge in [0.15, 0.2) is 5.16 Å². The molecular formula is C14H16ClN5O2S. The second-order valence-electron chi connectivity index (χ2n) is 4.43.